The minimum Gasteiger partial charge on any atom is -0.461 e. The van der Waals surface area contributed by atoms with Crippen molar-refractivity contribution in [2.45, 2.75) is 0 Å². The van der Waals surface area contributed by atoms with Gasteiger partial charge in [0, 0.05) is 12.6 Å². The van der Waals surface area contributed by atoms with Crippen LogP contribution in [0.2, 0.25) is 0 Å². The van der Waals surface area contributed by atoms with Crippen molar-refractivity contribution in [2.24, 2.45) is 0 Å². The first kappa shape index (κ1) is 15.9. The Morgan fingerprint density at radius 3 is 2.53 bits per heavy atom. The highest BCUT2D eigenvalue weighted by Crippen LogP contribution is 2.00. The molecule has 0 aliphatic carbocycles. The van der Waals surface area contributed by atoms with Crippen LogP contribution < -0.4 is 0 Å². The average molecular weight is 300 g/mol. The molecule has 0 bridgehead atoms. The minimum atomic E-state index is -0.300. The van der Waals surface area contributed by atoms with E-state index >= 15 is 0 Å². The van der Waals surface area contributed by atoms with E-state index in [9.17, 15) is 4.79 Å². The van der Waals surface area contributed by atoms with Gasteiger partial charge < -0.3 is 9.64 Å². The Bertz CT molecular complexity index is 350. The molecule has 17 heavy (non-hydrogen) atoms. The fourth-order valence-corrected chi connectivity index (χ4v) is 1.11. The standard InChI is InChI=1S/C13H17NO2.BrH/c1-14(2)10-11-16-13(15)9-8-12-6-4-3-5-7-12;/h3-9H,10-11H2,1-2H3;1H/b9-8+;. The molecule has 0 heterocycles. The van der Waals surface area contributed by atoms with Gasteiger partial charge in [0.2, 0.25) is 0 Å². The van der Waals surface area contributed by atoms with Crippen molar-refractivity contribution in [1.82, 2.24) is 4.90 Å². The number of halogens is 1. The normalized spacial score (nSPS) is 10.3. The Kier molecular flexibility index (Phi) is 8.36. The van der Waals surface area contributed by atoms with E-state index in [1.165, 1.54) is 6.08 Å². The van der Waals surface area contributed by atoms with E-state index in [1.54, 1.807) is 6.08 Å². The van der Waals surface area contributed by atoms with Gasteiger partial charge in [-0.05, 0) is 25.7 Å². The number of hydrogen-bond donors (Lipinski definition) is 0. The van der Waals surface area contributed by atoms with Crippen LogP contribution in [0.1, 0.15) is 5.56 Å². The fraction of sp³-hybridized carbons (Fsp3) is 0.308. The van der Waals surface area contributed by atoms with Crippen LogP contribution in [-0.4, -0.2) is 38.1 Å². The van der Waals surface area contributed by atoms with Gasteiger partial charge in [-0.1, -0.05) is 30.3 Å². The third-order valence-electron chi connectivity index (χ3n) is 1.99. The number of carbonyl (C=O) groups excluding carboxylic acids is 1. The van der Waals surface area contributed by atoms with Gasteiger partial charge >= 0.3 is 5.97 Å². The number of likely N-dealkylation sites (N-methyl/N-ethyl adjacent to an activating group) is 1. The van der Waals surface area contributed by atoms with Crippen molar-refractivity contribution < 1.29 is 9.53 Å². The summed E-state index contributed by atoms with van der Waals surface area (Å²) < 4.78 is 5.01. The first-order valence-corrected chi connectivity index (χ1v) is 5.23. The zero-order chi connectivity index (χ0) is 11.8. The molecule has 0 aliphatic heterocycles. The molecular formula is C13H18BrNO2. The number of carbonyl (C=O) groups is 1. The average Bonchev–Trinajstić information content (AvgIpc) is 2.27. The number of benzene rings is 1. The van der Waals surface area contributed by atoms with Gasteiger partial charge in [-0.3, -0.25) is 0 Å². The first-order chi connectivity index (χ1) is 7.68. The second-order valence-corrected chi connectivity index (χ2v) is 3.71. The zero-order valence-corrected chi connectivity index (χ0v) is 11.8. The van der Waals surface area contributed by atoms with Crippen LogP contribution in [0.15, 0.2) is 36.4 Å². The third-order valence-corrected chi connectivity index (χ3v) is 1.99. The maximum absolute atomic E-state index is 11.3. The molecule has 0 atom stereocenters. The Labute approximate surface area is 113 Å². The van der Waals surface area contributed by atoms with Crippen LogP contribution in [0.3, 0.4) is 0 Å². The SMILES string of the molecule is Br.CN(C)CCOC(=O)/C=C/c1ccccc1. The van der Waals surface area contributed by atoms with E-state index in [2.05, 4.69) is 0 Å². The summed E-state index contributed by atoms with van der Waals surface area (Å²) in [4.78, 5) is 13.2. The maximum Gasteiger partial charge on any atom is 0.330 e. The summed E-state index contributed by atoms with van der Waals surface area (Å²) in [5.74, 6) is -0.300. The summed E-state index contributed by atoms with van der Waals surface area (Å²) in [6, 6.07) is 9.66. The summed E-state index contributed by atoms with van der Waals surface area (Å²) in [5.41, 5.74) is 0.993. The van der Waals surface area contributed by atoms with E-state index < -0.39 is 0 Å². The lowest BCUT2D eigenvalue weighted by Crippen LogP contribution is -2.19. The summed E-state index contributed by atoms with van der Waals surface area (Å²) in [6.45, 7) is 1.16. The van der Waals surface area contributed by atoms with E-state index in [-0.39, 0.29) is 23.0 Å². The molecule has 4 heteroatoms. The predicted octanol–water partition coefficient (Wildman–Crippen LogP) is 2.38. The number of ether oxygens (including phenoxy) is 1. The van der Waals surface area contributed by atoms with Gasteiger partial charge in [-0.15, -0.1) is 17.0 Å². The van der Waals surface area contributed by atoms with Crippen molar-refractivity contribution in [1.29, 1.82) is 0 Å². The largest absolute Gasteiger partial charge is 0.461 e. The van der Waals surface area contributed by atoms with Gasteiger partial charge in [0.05, 0.1) is 0 Å². The highest BCUT2D eigenvalue weighted by molar-refractivity contribution is 8.93. The summed E-state index contributed by atoms with van der Waals surface area (Å²) >= 11 is 0. The van der Waals surface area contributed by atoms with Gasteiger partial charge in [0.25, 0.3) is 0 Å². The Hall–Kier alpha value is -1.13. The molecule has 0 aromatic heterocycles. The molecule has 0 N–H and O–H groups in total. The molecule has 3 nitrogen and oxygen atoms in total. The molecule has 0 amide bonds. The van der Waals surface area contributed by atoms with Crippen molar-refractivity contribution in [3.63, 3.8) is 0 Å². The van der Waals surface area contributed by atoms with Crippen LogP contribution in [0.4, 0.5) is 0 Å². The molecule has 0 radical (unpaired) electrons. The topological polar surface area (TPSA) is 29.5 Å². The van der Waals surface area contributed by atoms with Crippen LogP contribution >= 0.6 is 17.0 Å². The van der Waals surface area contributed by atoms with E-state index in [0.717, 1.165) is 12.1 Å². The van der Waals surface area contributed by atoms with Crippen molar-refractivity contribution in [3.05, 3.63) is 42.0 Å². The molecule has 94 valence electrons. The molecule has 1 rings (SSSR count). The molecule has 0 aliphatic rings. The summed E-state index contributed by atoms with van der Waals surface area (Å²) in [7, 11) is 3.88. The second-order valence-electron chi connectivity index (χ2n) is 3.71. The van der Waals surface area contributed by atoms with Gasteiger partial charge in [-0.25, -0.2) is 4.79 Å². The third kappa shape index (κ3) is 7.71. The molecule has 0 fully saturated rings. The Morgan fingerprint density at radius 1 is 1.29 bits per heavy atom. The van der Waals surface area contributed by atoms with Gasteiger partial charge in [-0.2, -0.15) is 0 Å². The molecule has 1 aromatic rings. The molecule has 0 saturated heterocycles. The molecule has 0 saturated carbocycles. The number of hydrogen-bond acceptors (Lipinski definition) is 3. The number of rotatable bonds is 5. The predicted molar refractivity (Wildman–Crippen MR) is 75.3 cm³/mol. The lowest BCUT2D eigenvalue weighted by molar-refractivity contribution is -0.137. The van der Waals surface area contributed by atoms with Crippen molar-refractivity contribution in [2.75, 3.05) is 27.2 Å². The van der Waals surface area contributed by atoms with Crippen LogP contribution in [0.25, 0.3) is 6.08 Å². The summed E-state index contributed by atoms with van der Waals surface area (Å²) in [5, 5.41) is 0. The Morgan fingerprint density at radius 2 is 1.94 bits per heavy atom. The number of esters is 1. The van der Waals surface area contributed by atoms with E-state index in [0.29, 0.717) is 6.61 Å². The van der Waals surface area contributed by atoms with Crippen LogP contribution in [-0.2, 0) is 9.53 Å². The Balaban J connectivity index is 0.00000256. The first-order valence-electron chi connectivity index (χ1n) is 5.23. The highest BCUT2D eigenvalue weighted by atomic mass is 79.9. The minimum absolute atomic E-state index is 0. The zero-order valence-electron chi connectivity index (χ0n) is 10.1. The van der Waals surface area contributed by atoms with E-state index in [1.807, 2.05) is 49.3 Å². The van der Waals surface area contributed by atoms with Gasteiger partial charge in [0.15, 0.2) is 0 Å². The van der Waals surface area contributed by atoms with Crippen molar-refractivity contribution in [3.8, 4) is 0 Å². The van der Waals surface area contributed by atoms with Crippen LogP contribution in [0.5, 0.6) is 0 Å². The molecule has 0 unspecified atom stereocenters. The lowest BCUT2D eigenvalue weighted by atomic mass is 10.2. The quantitative estimate of drug-likeness (QED) is 0.618. The van der Waals surface area contributed by atoms with E-state index in [4.69, 9.17) is 4.74 Å². The van der Waals surface area contributed by atoms with Crippen LogP contribution in [0, 0.1) is 0 Å². The molecule has 1 aromatic carbocycles. The second kappa shape index (κ2) is 8.96. The summed E-state index contributed by atoms with van der Waals surface area (Å²) in [6.07, 6.45) is 3.20. The number of nitrogens with zero attached hydrogens (tertiary/aromatic N) is 1. The lowest BCUT2D eigenvalue weighted by Gasteiger charge is -2.08. The van der Waals surface area contributed by atoms with Crippen molar-refractivity contribution >= 4 is 29.0 Å². The van der Waals surface area contributed by atoms with Gasteiger partial charge in [0.1, 0.15) is 6.61 Å². The maximum atomic E-state index is 11.3. The molecule has 0 spiro atoms. The monoisotopic (exact) mass is 299 g/mol. The fourth-order valence-electron chi connectivity index (χ4n) is 1.11. The smallest absolute Gasteiger partial charge is 0.330 e. The highest BCUT2D eigenvalue weighted by Gasteiger charge is 1.97. The molecular weight excluding hydrogens is 282 g/mol.